The Balaban J connectivity index is 1.32. The van der Waals surface area contributed by atoms with Crippen molar-refractivity contribution < 1.29 is 29.5 Å². The number of hydrogen-bond acceptors (Lipinski definition) is 5. The molecule has 1 aromatic heterocycles. The predicted molar refractivity (Wildman–Crippen MR) is 127 cm³/mol. The standard InChI is InChI=1S/C26H29N3O5/c1-25(2,3)22(13-30)29-23(31)19-11-15-10-17(5-6-18(15)28-19)27-24(32)26(8-9-26)16-4-7-20-21(12-16)34-14-33-20/h4-7,10-12,22,28,30H,8-9,13-14H2,1-3H3,(H,27,32)(H,29,31)/p+1/t22-/m0/s1. The minimum absolute atomic E-state index is 0.0538. The van der Waals surface area contributed by atoms with Gasteiger partial charge in [-0.05, 0) is 54.8 Å². The zero-order valence-corrected chi connectivity index (χ0v) is 19.6. The first kappa shape index (κ1) is 22.4. The molecule has 2 heterocycles. The van der Waals surface area contributed by atoms with Crippen molar-refractivity contribution in [3.05, 3.63) is 53.7 Å². The van der Waals surface area contributed by atoms with E-state index >= 15 is 0 Å². The van der Waals surface area contributed by atoms with Gasteiger partial charge in [-0.15, -0.1) is 0 Å². The van der Waals surface area contributed by atoms with Crippen LogP contribution in [0.4, 0.5) is 5.69 Å². The van der Waals surface area contributed by atoms with Crippen LogP contribution in [0.2, 0.25) is 0 Å². The molecule has 1 aliphatic carbocycles. The zero-order valence-electron chi connectivity index (χ0n) is 19.6. The lowest BCUT2D eigenvalue weighted by Crippen LogP contribution is -2.96. The van der Waals surface area contributed by atoms with Crippen LogP contribution in [0.5, 0.6) is 11.5 Å². The van der Waals surface area contributed by atoms with Gasteiger partial charge in [-0.25, -0.2) is 4.79 Å². The molecule has 5 N–H and O–H groups in total. The van der Waals surface area contributed by atoms with Gasteiger partial charge in [0, 0.05) is 22.0 Å². The first-order chi connectivity index (χ1) is 16.2. The maximum Gasteiger partial charge on any atom is 0.359 e. The number of aromatic amines is 1. The number of H-pyrrole nitrogens is 1. The molecule has 8 heteroatoms. The third-order valence-electron chi connectivity index (χ3n) is 6.92. The second-order valence-electron chi connectivity index (χ2n) is 10.3. The molecule has 34 heavy (non-hydrogen) atoms. The fraction of sp³-hybridized carbons (Fsp3) is 0.385. The van der Waals surface area contributed by atoms with Gasteiger partial charge in [0.05, 0.1) is 12.0 Å². The third-order valence-corrected chi connectivity index (χ3v) is 6.92. The van der Waals surface area contributed by atoms with Crippen LogP contribution in [0, 0.1) is 5.41 Å². The number of carbonyl (C=O) groups excluding carboxylic acids is 2. The summed E-state index contributed by atoms with van der Waals surface area (Å²) in [6.07, 6.45) is 1.55. The van der Waals surface area contributed by atoms with Gasteiger partial charge in [0.1, 0.15) is 11.7 Å². The number of ether oxygens (including phenoxy) is 2. The molecule has 178 valence electrons. The van der Waals surface area contributed by atoms with E-state index in [0.717, 1.165) is 29.3 Å². The normalized spacial score (nSPS) is 16.9. The molecule has 2 amide bonds. The molecular weight excluding hydrogens is 434 g/mol. The zero-order chi connectivity index (χ0) is 24.1. The molecule has 2 aliphatic rings. The lowest BCUT2D eigenvalue weighted by molar-refractivity contribution is -0.612. The monoisotopic (exact) mass is 464 g/mol. The topological polar surface area (TPSA) is 117 Å². The second-order valence-corrected chi connectivity index (χ2v) is 10.3. The Morgan fingerprint density at radius 3 is 2.59 bits per heavy atom. The van der Waals surface area contributed by atoms with E-state index in [-0.39, 0.29) is 36.7 Å². The van der Waals surface area contributed by atoms with Gasteiger partial charge in [-0.2, -0.15) is 0 Å². The van der Waals surface area contributed by atoms with E-state index in [0.29, 0.717) is 22.9 Å². The number of aromatic nitrogens is 1. The molecule has 1 aliphatic heterocycles. The van der Waals surface area contributed by atoms with Crippen LogP contribution in [0.1, 0.15) is 49.7 Å². The van der Waals surface area contributed by atoms with Gasteiger partial charge in [-0.1, -0.05) is 26.8 Å². The minimum Gasteiger partial charge on any atom is -0.454 e. The summed E-state index contributed by atoms with van der Waals surface area (Å²) in [5.41, 5.74) is 2.09. The van der Waals surface area contributed by atoms with Crippen molar-refractivity contribution >= 4 is 28.4 Å². The van der Waals surface area contributed by atoms with Crippen molar-refractivity contribution in [3.63, 3.8) is 0 Å². The number of quaternary nitrogens is 1. The average molecular weight is 465 g/mol. The maximum atomic E-state index is 13.2. The molecule has 0 unspecified atom stereocenters. The minimum atomic E-state index is -0.559. The van der Waals surface area contributed by atoms with Crippen molar-refractivity contribution in [2.75, 3.05) is 18.7 Å². The van der Waals surface area contributed by atoms with Crippen LogP contribution in [0.15, 0.2) is 42.5 Å². The number of hydrogen-bond donors (Lipinski definition) is 4. The van der Waals surface area contributed by atoms with Gasteiger partial charge in [-0.3, -0.25) is 10.1 Å². The van der Waals surface area contributed by atoms with Crippen molar-refractivity contribution in [2.24, 2.45) is 5.41 Å². The Morgan fingerprint density at radius 2 is 1.88 bits per heavy atom. The van der Waals surface area contributed by atoms with E-state index < -0.39 is 5.41 Å². The summed E-state index contributed by atoms with van der Waals surface area (Å²) in [5.74, 6) is 1.17. The third kappa shape index (κ3) is 4.03. The van der Waals surface area contributed by atoms with Crippen LogP contribution >= 0.6 is 0 Å². The summed E-state index contributed by atoms with van der Waals surface area (Å²) in [5, 5.41) is 15.1. The fourth-order valence-corrected chi connectivity index (χ4v) is 4.41. The summed E-state index contributed by atoms with van der Waals surface area (Å²) < 4.78 is 10.9. The van der Waals surface area contributed by atoms with Gasteiger partial charge in [0.2, 0.25) is 12.7 Å². The number of nitrogens with two attached hydrogens (primary N) is 1. The van der Waals surface area contributed by atoms with Crippen molar-refractivity contribution in [3.8, 4) is 11.5 Å². The van der Waals surface area contributed by atoms with E-state index in [2.05, 4.69) is 10.3 Å². The number of aliphatic hydroxyl groups excluding tert-OH is 1. The number of carbonyl (C=O) groups is 2. The molecule has 5 rings (SSSR count). The van der Waals surface area contributed by atoms with E-state index in [1.54, 1.807) is 11.4 Å². The summed E-state index contributed by atoms with van der Waals surface area (Å²) in [6, 6.07) is 12.8. The fourth-order valence-electron chi connectivity index (χ4n) is 4.41. The van der Waals surface area contributed by atoms with E-state index in [1.165, 1.54) is 0 Å². The van der Waals surface area contributed by atoms with Gasteiger partial charge in [0.25, 0.3) is 0 Å². The highest BCUT2D eigenvalue weighted by Crippen LogP contribution is 2.51. The largest absolute Gasteiger partial charge is 0.454 e. The van der Waals surface area contributed by atoms with Gasteiger partial charge < -0.3 is 24.9 Å². The lowest BCUT2D eigenvalue weighted by Gasteiger charge is -2.25. The SMILES string of the molecule is CC(C)(C)[C@H](CO)[NH2+]C(=O)c1cc2cc(NC(=O)C3(c4ccc5c(c4)OCO5)CC3)ccc2[nH]1. The highest BCUT2D eigenvalue weighted by molar-refractivity contribution is 6.03. The highest BCUT2D eigenvalue weighted by atomic mass is 16.7. The van der Waals surface area contributed by atoms with Crippen LogP contribution in [-0.2, 0) is 10.2 Å². The summed E-state index contributed by atoms with van der Waals surface area (Å²) in [4.78, 5) is 29.2. The van der Waals surface area contributed by atoms with Crippen molar-refractivity contribution in [2.45, 2.75) is 45.1 Å². The number of primary amides is 1. The van der Waals surface area contributed by atoms with E-state index in [1.807, 2.05) is 57.2 Å². The Kier molecular flexibility index (Phi) is 5.37. The van der Waals surface area contributed by atoms with Crippen LogP contribution in [0.25, 0.3) is 10.9 Å². The predicted octanol–water partition coefficient (Wildman–Crippen LogP) is 2.68. The van der Waals surface area contributed by atoms with Crippen molar-refractivity contribution in [1.82, 2.24) is 4.98 Å². The molecule has 1 saturated carbocycles. The Bertz CT molecular complexity index is 1270. The summed E-state index contributed by atoms with van der Waals surface area (Å²) in [7, 11) is 0. The number of amides is 2. The Morgan fingerprint density at radius 1 is 1.12 bits per heavy atom. The molecule has 1 atom stereocenters. The number of fused-ring (bicyclic) bond motifs is 2. The van der Waals surface area contributed by atoms with Gasteiger partial charge >= 0.3 is 5.91 Å². The molecule has 0 saturated heterocycles. The second kappa shape index (κ2) is 8.14. The lowest BCUT2D eigenvalue weighted by atomic mass is 9.87. The molecule has 0 spiro atoms. The van der Waals surface area contributed by atoms with Crippen molar-refractivity contribution in [1.29, 1.82) is 0 Å². The molecule has 1 fully saturated rings. The van der Waals surface area contributed by atoms with Crippen LogP contribution in [0.3, 0.4) is 0 Å². The van der Waals surface area contributed by atoms with Crippen LogP contribution < -0.4 is 20.1 Å². The smallest absolute Gasteiger partial charge is 0.359 e. The molecule has 8 nitrogen and oxygen atoms in total. The molecule has 0 radical (unpaired) electrons. The molecule has 0 bridgehead atoms. The first-order valence-electron chi connectivity index (χ1n) is 11.5. The molecule has 3 aromatic rings. The van der Waals surface area contributed by atoms with E-state index in [9.17, 15) is 14.7 Å². The number of rotatable bonds is 6. The summed E-state index contributed by atoms with van der Waals surface area (Å²) in [6.45, 7) is 6.10. The average Bonchev–Trinajstić information content (AvgIpc) is 3.29. The summed E-state index contributed by atoms with van der Waals surface area (Å²) >= 11 is 0. The number of aliphatic hydroxyl groups is 1. The first-order valence-corrected chi connectivity index (χ1v) is 11.5. The molecular formula is C26H30N3O5+. The van der Waals surface area contributed by atoms with Crippen LogP contribution in [-0.4, -0.2) is 41.3 Å². The Hall–Kier alpha value is -3.36. The van der Waals surface area contributed by atoms with E-state index in [4.69, 9.17) is 9.47 Å². The molecule has 2 aromatic carbocycles. The van der Waals surface area contributed by atoms with Gasteiger partial charge in [0.15, 0.2) is 11.5 Å². The number of anilines is 1. The Labute approximate surface area is 197 Å². The number of nitrogens with one attached hydrogen (secondary N) is 2. The highest BCUT2D eigenvalue weighted by Gasteiger charge is 2.51. The quantitative estimate of drug-likeness (QED) is 0.448. The number of benzene rings is 2. The maximum absolute atomic E-state index is 13.2.